The fourth-order valence-electron chi connectivity index (χ4n) is 5.62. The van der Waals surface area contributed by atoms with Crippen LogP contribution in [0.1, 0.15) is 0 Å². The van der Waals surface area contributed by atoms with Gasteiger partial charge in [-0.3, -0.25) is 0 Å². The summed E-state index contributed by atoms with van der Waals surface area (Å²) < 4.78 is 2.36. The van der Waals surface area contributed by atoms with Gasteiger partial charge >= 0.3 is 0 Å². The van der Waals surface area contributed by atoms with Crippen LogP contribution in [0, 0.1) is 0 Å². The number of aromatic nitrogens is 1. The second-order valence-corrected chi connectivity index (χ2v) is 9.97. The number of nitrogens with zero attached hydrogens (tertiary/aromatic N) is 3. The maximum absolute atomic E-state index is 2.36. The molecular weight excluding hydrogens is 486 g/mol. The molecule has 1 heterocycles. The predicted octanol–water partition coefficient (Wildman–Crippen LogP) is 10.0. The third-order valence-electron chi connectivity index (χ3n) is 7.58. The van der Waals surface area contributed by atoms with Crippen LogP contribution in [0.5, 0.6) is 0 Å². The average Bonchev–Trinajstić information content (AvgIpc) is 3.37. The van der Waals surface area contributed by atoms with Crippen molar-refractivity contribution in [1.29, 1.82) is 0 Å². The monoisotopic (exact) mass is 515 g/mol. The minimum absolute atomic E-state index is 1.12. The van der Waals surface area contributed by atoms with Crippen LogP contribution in [-0.4, -0.2) is 11.6 Å². The minimum Gasteiger partial charge on any atom is -0.345 e. The van der Waals surface area contributed by atoms with Gasteiger partial charge in [-0.1, -0.05) is 78.9 Å². The van der Waals surface area contributed by atoms with E-state index in [1.54, 1.807) is 0 Å². The number of benzene rings is 6. The van der Waals surface area contributed by atoms with Gasteiger partial charge in [-0.25, -0.2) is 0 Å². The van der Waals surface area contributed by atoms with Crippen molar-refractivity contribution in [3.63, 3.8) is 0 Å². The van der Waals surface area contributed by atoms with Gasteiger partial charge in [-0.2, -0.15) is 0 Å². The number of anilines is 5. The zero-order valence-electron chi connectivity index (χ0n) is 22.4. The molecule has 3 heteroatoms. The number of fused-ring (bicyclic) bond motifs is 3. The molecule has 0 bridgehead atoms. The summed E-state index contributed by atoms with van der Waals surface area (Å²) in [7, 11) is 2.13. The molecule has 0 N–H and O–H groups in total. The summed E-state index contributed by atoms with van der Waals surface area (Å²) in [5.74, 6) is 0. The molecule has 3 nitrogen and oxygen atoms in total. The van der Waals surface area contributed by atoms with Crippen molar-refractivity contribution in [1.82, 2.24) is 4.57 Å². The smallest absolute Gasteiger partial charge is 0.0541 e. The average molecular weight is 516 g/mol. The molecule has 40 heavy (non-hydrogen) atoms. The quantitative estimate of drug-likeness (QED) is 0.218. The number of hydrogen-bond acceptors (Lipinski definition) is 2. The third kappa shape index (κ3) is 4.18. The van der Waals surface area contributed by atoms with E-state index < -0.39 is 0 Å². The molecule has 0 spiro atoms. The van der Waals surface area contributed by atoms with Crippen molar-refractivity contribution in [2.45, 2.75) is 0 Å². The highest BCUT2D eigenvalue weighted by atomic mass is 15.1. The van der Waals surface area contributed by atoms with Crippen molar-refractivity contribution in [2.24, 2.45) is 0 Å². The third-order valence-corrected chi connectivity index (χ3v) is 7.58. The molecule has 0 amide bonds. The van der Waals surface area contributed by atoms with E-state index in [1.807, 2.05) is 0 Å². The van der Waals surface area contributed by atoms with E-state index >= 15 is 0 Å². The minimum atomic E-state index is 1.12. The van der Waals surface area contributed by atoms with E-state index in [2.05, 4.69) is 179 Å². The van der Waals surface area contributed by atoms with E-state index in [0.717, 1.165) is 34.1 Å². The van der Waals surface area contributed by atoms with Crippen LogP contribution < -0.4 is 9.80 Å². The van der Waals surface area contributed by atoms with E-state index in [9.17, 15) is 0 Å². The summed E-state index contributed by atoms with van der Waals surface area (Å²) in [6, 6.07) is 55.9. The Morgan fingerprint density at radius 3 is 1.43 bits per heavy atom. The number of hydrogen-bond donors (Lipinski definition) is 0. The van der Waals surface area contributed by atoms with Crippen LogP contribution in [0.3, 0.4) is 0 Å². The molecule has 0 saturated carbocycles. The Kier molecular flexibility index (Phi) is 6.02. The summed E-state index contributed by atoms with van der Waals surface area (Å²) >= 11 is 0. The highest BCUT2D eigenvalue weighted by Crippen LogP contribution is 2.37. The molecule has 0 unspecified atom stereocenters. The summed E-state index contributed by atoms with van der Waals surface area (Å²) in [5.41, 5.74) is 9.23. The van der Waals surface area contributed by atoms with Gasteiger partial charge in [0.05, 0.1) is 11.0 Å². The first-order valence-corrected chi connectivity index (χ1v) is 13.6. The number of para-hydroxylation sites is 4. The van der Waals surface area contributed by atoms with Gasteiger partial charge in [0.25, 0.3) is 0 Å². The molecule has 7 aromatic rings. The first-order chi connectivity index (χ1) is 19.8. The van der Waals surface area contributed by atoms with Gasteiger partial charge < -0.3 is 14.4 Å². The lowest BCUT2D eigenvalue weighted by Crippen LogP contribution is -2.12. The highest BCUT2D eigenvalue weighted by molar-refractivity contribution is 6.09. The molecule has 0 aliphatic heterocycles. The molecule has 0 atom stereocenters. The Balaban J connectivity index is 1.25. The van der Waals surface area contributed by atoms with Crippen molar-refractivity contribution in [3.8, 4) is 5.69 Å². The fraction of sp³-hybridized carbons (Fsp3) is 0.0270. The first-order valence-electron chi connectivity index (χ1n) is 13.6. The number of rotatable bonds is 6. The molecule has 6 aromatic carbocycles. The topological polar surface area (TPSA) is 11.4 Å². The van der Waals surface area contributed by atoms with Gasteiger partial charge in [-0.15, -0.1) is 0 Å². The molecule has 0 saturated heterocycles. The molecule has 0 aliphatic rings. The van der Waals surface area contributed by atoms with Crippen LogP contribution in [0.15, 0.2) is 158 Å². The second kappa shape index (κ2) is 10.1. The largest absolute Gasteiger partial charge is 0.345 e. The molecule has 7 rings (SSSR count). The lowest BCUT2D eigenvalue weighted by molar-refractivity contribution is 1.15. The second-order valence-electron chi connectivity index (χ2n) is 9.97. The first kappa shape index (κ1) is 23.8. The van der Waals surface area contributed by atoms with Crippen molar-refractivity contribution < 1.29 is 0 Å². The van der Waals surface area contributed by atoms with Gasteiger partial charge in [0.2, 0.25) is 0 Å². The maximum atomic E-state index is 2.36. The van der Waals surface area contributed by atoms with Gasteiger partial charge in [0, 0.05) is 51.9 Å². The van der Waals surface area contributed by atoms with Crippen molar-refractivity contribution in [3.05, 3.63) is 158 Å². The van der Waals surface area contributed by atoms with Crippen molar-refractivity contribution in [2.75, 3.05) is 16.8 Å². The Morgan fingerprint density at radius 1 is 0.400 bits per heavy atom. The normalized spacial score (nSPS) is 11.1. The Morgan fingerprint density at radius 2 is 0.850 bits per heavy atom. The standard InChI is InChI=1S/C37H29N3/c1-38(28-23-25-31(26-24-28)39(29-13-4-2-5-14-29)30-15-6-3-7-16-30)32-17-12-18-33(27-32)40-36-21-10-8-19-34(36)35-20-9-11-22-37(35)40/h2-27H,1H3. The van der Waals surface area contributed by atoms with Crippen LogP contribution in [0.25, 0.3) is 27.5 Å². The summed E-state index contributed by atoms with van der Waals surface area (Å²) in [6.07, 6.45) is 0. The van der Waals surface area contributed by atoms with Gasteiger partial charge in [0.15, 0.2) is 0 Å². The van der Waals surface area contributed by atoms with E-state index in [1.165, 1.54) is 21.8 Å². The summed E-state index contributed by atoms with van der Waals surface area (Å²) in [5, 5.41) is 2.54. The van der Waals surface area contributed by atoms with Gasteiger partial charge in [-0.05, 0) is 78.9 Å². The predicted molar refractivity (Wildman–Crippen MR) is 170 cm³/mol. The van der Waals surface area contributed by atoms with Gasteiger partial charge in [0.1, 0.15) is 0 Å². The lowest BCUT2D eigenvalue weighted by Gasteiger charge is -2.26. The lowest BCUT2D eigenvalue weighted by atomic mass is 10.1. The molecule has 0 fully saturated rings. The Bertz CT molecular complexity index is 1810. The Labute approximate surface area is 234 Å². The molecule has 0 radical (unpaired) electrons. The van der Waals surface area contributed by atoms with Crippen LogP contribution in [0.2, 0.25) is 0 Å². The Hall–Kier alpha value is -5.28. The molecule has 192 valence electrons. The zero-order valence-corrected chi connectivity index (χ0v) is 22.4. The molecular formula is C37H29N3. The van der Waals surface area contributed by atoms with E-state index in [-0.39, 0.29) is 0 Å². The SMILES string of the molecule is CN(c1ccc(N(c2ccccc2)c2ccccc2)cc1)c1cccc(-n2c3ccccc3c3ccccc32)c1. The highest BCUT2D eigenvalue weighted by Gasteiger charge is 2.15. The molecule has 0 aliphatic carbocycles. The van der Waals surface area contributed by atoms with E-state index in [4.69, 9.17) is 0 Å². The fourth-order valence-corrected chi connectivity index (χ4v) is 5.62. The maximum Gasteiger partial charge on any atom is 0.0541 e. The summed E-state index contributed by atoms with van der Waals surface area (Å²) in [4.78, 5) is 4.53. The van der Waals surface area contributed by atoms with E-state index in [0.29, 0.717) is 0 Å². The van der Waals surface area contributed by atoms with Crippen LogP contribution in [0.4, 0.5) is 28.4 Å². The van der Waals surface area contributed by atoms with Crippen LogP contribution in [-0.2, 0) is 0 Å². The molecule has 1 aromatic heterocycles. The van der Waals surface area contributed by atoms with Crippen LogP contribution >= 0.6 is 0 Å². The van der Waals surface area contributed by atoms with Crippen molar-refractivity contribution >= 4 is 50.2 Å². The summed E-state index contributed by atoms with van der Waals surface area (Å²) in [6.45, 7) is 0. The zero-order chi connectivity index (χ0) is 26.9.